The van der Waals surface area contributed by atoms with Crippen LogP contribution in [0.5, 0.6) is 0 Å². The lowest BCUT2D eigenvalue weighted by Gasteiger charge is -2.09. The molecule has 0 aliphatic rings. The summed E-state index contributed by atoms with van der Waals surface area (Å²) in [6.45, 7) is 0.554. The average molecular weight is 281 g/mol. The Balaban J connectivity index is 2.84. The zero-order chi connectivity index (χ0) is 11.7. The van der Waals surface area contributed by atoms with Crippen molar-refractivity contribution in [2.45, 2.75) is 6.42 Å². The number of aromatic nitrogens is 1. The summed E-state index contributed by atoms with van der Waals surface area (Å²) in [6, 6.07) is 7.62. The minimum Gasteiger partial charge on any atom is -0.330 e. The molecule has 4 heteroatoms. The monoisotopic (exact) mass is 280 g/mol. The summed E-state index contributed by atoms with van der Waals surface area (Å²) in [7, 11) is 1.78. The SMILES string of the molecule is Cn1c(=O)cc(CCN)c2ccc(Br)cc21. The first-order valence-corrected chi connectivity index (χ1v) is 5.91. The summed E-state index contributed by atoms with van der Waals surface area (Å²) in [6.07, 6.45) is 0.730. The molecule has 0 atom stereocenters. The van der Waals surface area contributed by atoms with E-state index in [1.807, 2.05) is 18.2 Å². The van der Waals surface area contributed by atoms with Gasteiger partial charge < -0.3 is 10.3 Å². The Labute approximate surface area is 102 Å². The van der Waals surface area contributed by atoms with Gasteiger partial charge in [-0.1, -0.05) is 22.0 Å². The third-order valence-corrected chi connectivity index (χ3v) is 3.20. The van der Waals surface area contributed by atoms with E-state index >= 15 is 0 Å². The van der Waals surface area contributed by atoms with Crippen molar-refractivity contribution in [1.82, 2.24) is 4.57 Å². The molecule has 0 aliphatic heterocycles. The van der Waals surface area contributed by atoms with Gasteiger partial charge in [-0.2, -0.15) is 0 Å². The maximum Gasteiger partial charge on any atom is 0.251 e. The molecule has 0 radical (unpaired) electrons. The van der Waals surface area contributed by atoms with Gasteiger partial charge in [-0.05, 0) is 30.7 Å². The van der Waals surface area contributed by atoms with E-state index in [4.69, 9.17) is 5.73 Å². The van der Waals surface area contributed by atoms with E-state index in [-0.39, 0.29) is 5.56 Å². The van der Waals surface area contributed by atoms with Crippen molar-refractivity contribution >= 4 is 26.8 Å². The van der Waals surface area contributed by atoms with Crippen LogP contribution in [0.3, 0.4) is 0 Å². The van der Waals surface area contributed by atoms with Gasteiger partial charge in [-0.25, -0.2) is 0 Å². The molecule has 1 heterocycles. The molecule has 0 unspecified atom stereocenters. The zero-order valence-electron chi connectivity index (χ0n) is 9.03. The minimum atomic E-state index is 0.00838. The number of nitrogens with two attached hydrogens (primary N) is 1. The van der Waals surface area contributed by atoms with Crippen LogP contribution < -0.4 is 11.3 Å². The molecule has 1 aromatic carbocycles. The molecule has 3 nitrogen and oxygen atoms in total. The van der Waals surface area contributed by atoms with Crippen LogP contribution in [0.4, 0.5) is 0 Å². The van der Waals surface area contributed by atoms with E-state index in [1.165, 1.54) is 0 Å². The largest absolute Gasteiger partial charge is 0.330 e. The Morgan fingerprint density at radius 2 is 2.12 bits per heavy atom. The Hall–Kier alpha value is -1.13. The minimum absolute atomic E-state index is 0.00838. The quantitative estimate of drug-likeness (QED) is 0.912. The molecule has 0 saturated heterocycles. The fourth-order valence-corrected chi connectivity index (χ4v) is 2.21. The zero-order valence-corrected chi connectivity index (χ0v) is 10.6. The topological polar surface area (TPSA) is 48.0 Å². The summed E-state index contributed by atoms with van der Waals surface area (Å²) in [5.41, 5.74) is 7.52. The Kier molecular flexibility index (Phi) is 3.12. The van der Waals surface area contributed by atoms with Crippen molar-refractivity contribution in [1.29, 1.82) is 0 Å². The van der Waals surface area contributed by atoms with Gasteiger partial charge in [0, 0.05) is 23.0 Å². The summed E-state index contributed by atoms with van der Waals surface area (Å²) < 4.78 is 2.63. The first-order valence-electron chi connectivity index (χ1n) is 5.11. The highest BCUT2D eigenvalue weighted by molar-refractivity contribution is 9.10. The van der Waals surface area contributed by atoms with Gasteiger partial charge in [0.15, 0.2) is 0 Å². The number of pyridine rings is 1. The van der Waals surface area contributed by atoms with Gasteiger partial charge in [-0.15, -0.1) is 0 Å². The molecule has 0 spiro atoms. The van der Waals surface area contributed by atoms with E-state index in [1.54, 1.807) is 17.7 Å². The number of halogens is 1. The van der Waals surface area contributed by atoms with Crippen LogP contribution in [-0.4, -0.2) is 11.1 Å². The first-order chi connectivity index (χ1) is 7.63. The van der Waals surface area contributed by atoms with E-state index in [0.29, 0.717) is 6.54 Å². The number of nitrogens with zero attached hydrogens (tertiary/aromatic N) is 1. The fourth-order valence-electron chi connectivity index (χ4n) is 1.86. The molecule has 0 aliphatic carbocycles. The van der Waals surface area contributed by atoms with Gasteiger partial charge in [0.25, 0.3) is 5.56 Å². The smallest absolute Gasteiger partial charge is 0.251 e. The molecule has 16 heavy (non-hydrogen) atoms. The first kappa shape index (κ1) is 11.4. The third kappa shape index (κ3) is 1.90. The Morgan fingerprint density at radius 3 is 2.81 bits per heavy atom. The highest BCUT2D eigenvalue weighted by atomic mass is 79.9. The Morgan fingerprint density at radius 1 is 1.38 bits per heavy atom. The lowest BCUT2D eigenvalue weighted by atomic mass is 10.1. The van der Waals surface area contributed by atoms with E-state index in [9.17, 15) is 4.79 Å². The number of fused-ring (bicyclic) bond motifs is 1. The van der Waals surface area contributed by atoms with Crippen LogP contribution >= 0.6 is 15.9 Å². The number of rotatable bonds is 2. The van der Waals surface area contributed by atoms with E-state index in [2.05, 4.69) is 15.9 Å². The summed E-state index contributed by atoms with van der Waals surface area (Å²) >= 11 is 3.41. The van der Waals surface area contributed by atoms with E-state index in [0.717, 1.165) is 27.4 Å². The molecule has 0 fully saturated rings. The normalized spacial score (nSPS) is 10.9. The van der Waals surface area contributed by atoms with Crippen LogP contribution in [0.25, 0.3) is 10.9 Å². The lowest BCUT2D eigenvalue weighted by molar-refractivity contribution is 0.889. The highest BCUT2D eigenvalue weighted by Gasteiger charge is 2.06. The van der Waals surface area contributed by atoms with Crippen LogP contribution in [0.2, 0.25) is 0 Å². The van der Waals surface area contributed by atoms with Crippen molar-refractivity contribution in [3.8, 4) is 0 Å². The van der Waals surface area contributed by atoms with Crippen molar-refractivity contribution < 1.29 is 0 Å². The van der Waals surface area contributed by atoms with Crippen molar-refractivity contribution in [3.63, 3.8) is 0 Å². The molecule has 2 aromatic rings. The third-order valence-electron chi connectivity index (χ3n) is 2.71. The summed E-state index contributed by atoms with van der Waals surface area (Å²) in [5, 5.41) is 1.09. The molecular weight excluding hydrogens is 268 g/mol. The van der Waals surface area contributed by atoms with Gasteiger partial charge >= 0.3 is 0 Å². The molecule has 2 rings (SSSR count). The van der Waals surface area contributed by atoms with Crippen molar-refractivity contribution in [3.05, 3.63) is 44.7 Å². The Bertz CT molecular complexity index is 589. The van der Waals surface area contributed by atoms with Crippen LogP contribution in [0.15, 0.2) is 33.5 Å². The maximum atomic E-state index is 11.7. The number of hydrogen-bond acceptors (Lipinski definition) is 2. The maximum absolute atomic E-state index is 11.7. The molecule has 2 N–H and O–H groups in total. The molecule has 84 valence electrons. The molecule has 1 aromatic heterocycles. The fraction of sp³-hybridized carbons (Fsp3) is 0.250. The summed E-state index contributed by atoms with van der Waals surface area (Å²) in [4.78, 5) is 11.7. The molecule has 0 bridgehead atoms. The van der Waals surface area contributed by atoms with Gasteiger partial charge in [0.1, 0.15) is 0 Å². The standard InChI is InChI=1S/C12H13BrN2O/c1-15-11-7-9(13)2-3-10(11)8(4-5-14)6-12(15)16/h2-3,6-7H,4-5,14H2,1H3. The number of hydrogen-bond donors (Lipinski definition) is 1. The van der Waals surface area contributed by atoms with Gasteiger partial charge in [-0.3, -0.25) is 4.79 Å². The van der Waals surface area contributed by atoms with Crippen LogP contribution in [0, 0.1) is 0 Å². The highest BCUT2D eigenvalue weighted by Crippen LogP contribution is 2.21. The second kappa shape index (κ2) is 4.39. The van der Waals surface area contributed by atoms with Crippen LogP contribution in [0.1, 0.15) is 5.56 Å². The van der Waals surface area contributed by atoms with Crippen LogP contribution in [-0.2, 0) is 13.5 Å². The van der Waals surface area contributed by atoms with Gasteiger partial charge in [0.05, 0.1) is 5.52 Å². The molecule has 0 saturated carbocycles. The summed E-state index contributed by atoms with van der Waals surface area (Å²) in [5.74, 6) is 0. The van der Waals surface area contributed by atoms with E-state index < -0.39 is 0 Å². The predicted octanol–water partition coefficient (Wildman–Crippen LogP) is 1.80. The predicted molar refractivity (Wildman–Crippen MR) is 69.6 cm³/mol. The molecule has 0 amide bonds. The molecular formula is C12H13BrN2O. The second-order valence-electron chi connectivity index (χ2n) is 3.77. The van der Waals surface area contributed by atoms with Gasteiger partial charge in [0.2, 0.25) is 0 Å². The van der Waals surface area contributed by atoms with Crippen molar-refractivity contribution in [2.24, 2.45) is 12.8 Å². The average Bonchev–Trinajstić information content (AvgIpc) is 2.26. The van der Waals surface area contributed by atoms with Crippen molar-refractivity contribution in [2.75, 3.05) is 6.54 Å². The number of benzene rings is 1. The lowest BCUT2D eigenvalue weighted by Crippen LogP contribution is -2.18. The number of aryl methyl sites for hydroxylation is 1. The second-order valence-corrected chi connectivity index (χ2v) is 4.68.